The maximum absolute atomic E-state index is 4.63. The van der Waals surface area contributed by atoms with Gasteiger partial charge in [-0.1, -0.05) is 0 Å². The third-order valence-electron chi connectivity index (χ3n) is 3.18. The van der Waals surface area contributed by atoms with Crippen LogP contribution in [0, 0.1) is 6.92 Å². The van der Waals surface area contributed by atoms with Crippen LogP contribution in [0.5, 0.6) is 0 Å². The van der Waals surface area contributed by atoms with Crippen LogP contribution in [-0.4, -0.2) is 17.1 Å². The Bertz CT molecular complexity index is 374. The molecule has 2 heterocycles. The number of rotatable bonds is 1. The van der Waals surface area contributed by atoms with Crippen molar-refractivity contribution >= 4 is 21.7 Å². The molecular weight excluding hydrogens is 252 g/mol. The quantitative estimate of drug-likeness (QED) is 0.775. The van der Waals surface area contributed by atoms with Gasteiger partial charge < -0.3 is 4.90 Å². The van der Waals surface area contributed by atoms with Gasteiger partial charge in [0.1, 0.15) is 5.82 Å². The second kappa shape index (κ2) is 3.78. The first-order chi connectivity index (χ1) is 7.00. The van der Waals surface area contributed by atoms with Gasteiger partial charge in [-0.25, -0.2) is 4.98 Å². The predicted octanol–water partition coefficient (Wildman–Crippen LogP) is 3.53. The van der Waals surface area contributed by atoms with Crippen LogP contribution >= 0.6 is 15.9 Å². The summed E-state index contributed by atoms with van der Waals surface area (Å²) >= 11 is 3.49. The van der Waals surface area contributed by atoms with Gasteiger partial charge in [0, 0.05) is 16.6 Å². The van der Waals surface area contributed by atoms with Gasteiger partial charge in [-0.05, 0) is 61.7 Å². The lowest BCUT2D eigenvalue weighted by atomic mass is 10.0. The van der Waals surface area contributed by atoms with Crippen LogP contribution in [0.25, 0.3) is 0 Å². The molecule has 1 aromatic rings. The third-order valence-corrected chi connectivity index (χ3v) is 4.02. The van der Waals surface area contributed by atoms with Gasteiger partial charge >= 0.3 is 0 Å². The van der Waals surface area contributed by atoms with Gasteiger partial charge in [-0.2, -0.15) is 0 Å². The molecule has 82 valence electrons. The minimum atomic E-state index is 0.257. The molecular formula is C12H17BrN2. The molecule has 0 unspecified atom stereocenters. The summed E-state index contributed by atoms with van der Waals surface area (Å²) in [5.41, 5.74) is 1.32. The lowest BCUT2D eigenvalue weighted by Crippen LogP contribution is -2.38. The van der Waals surface area contributed by atoms with Gasteiger partial charge in [0.15, 0.2) is 0 Å². The Morgan fingerprint density at radius 2 is 2.13 bits per heavy atom. The van der Waals surface area contributed by atoms with Gasteiger partial charge in [-0.15, -0.1) is 0 Å². The molecule has 0 atom stereocenters. The molecule has 2 nitrogen and oxygen atoms in total. The lowest BCUT2D eigenvalue weighted by Gasteiger charge is -2.32. The second-order valence-corrected chi connectivity index (χ2v) is 5.66. The summed E-state index contributed by atoms with van der Waals surface area (Å²) in [5, 5.41) is 0. The molecule has 0 spiro atoms. The van der Waals surface area contributed by atoms with E-state index in [4.69, 9.17) is 0 Å². The zero-order valence-corrected chi connectivity index (χ0v) is 11.1. The van der Waals surface area contributed by atoms with E-state index in [2.05, 4.69) is 51.8 Å². The van der Waals surface area contributed by atoms with E-state index in [1.165, 1.54) is 12.8 Å². The molecule has 0 N–H and O–H groups in total. The smallest absolute Gasteiger partial charge is 0.129 e. The first kappa shape index (κ1) is 10.9. The molecule has 1 fully saturated rings. The van der Waals surface area contributed by atoms with Crippen LogP contribution in [0.3, 0.4) is 0 Å². The summed E-state index contributed by atoms with van der Waals surface area (Å²) in [4.78, 5) is 7.04. The molecule has 0 amide bonds. The van der Waals surface area contributed by atoms with E-state index in [0.717, 1.165) is 22.5 Å². The van der Waals surface area contributed by atoms with Crippen LogP contribution in [0.15, 0.2) is 16.6 Å². The standard InChI is InChI=1S/C12H17BrN2/c1-9-10(13)5-6-11(14-9)15-8-4-7-12(15,2)3/h5-6H,4,7-8H2,1-3H3. The maximum Gasteiger partial charge on any atom is 0.129 e. The highest BCUT2D eigenvalue weighted by molar-refractivity contribution is 9.10. The van der Waals surface area contributed by atoms with E-state index in [1.807, 2.05) is 6.92 Å². The highest BCUT2D eigenvalue weighted by Gasteiger charge is 2.32. The summed E-state index contributed by atoms with van der Waals surface area (Å²) in [6, 6.07) is 4.19. The Balaban J connectivity index is 2.33. The van der Waals surface area contributed by atoms with Crippen LogP contribution in [-0.2, 0) is 0 Å². The van der Waals surface area contributed by atoms with E-state index in [0.29, 0.717) is 0 Å². The van der Waals surface area contributed by atoms with Crippen LogP contribution in [0.4, 0.5) is 5.82 Å². The van der Waals surface area contributed by atoms with Crippen molar-refractivity contribution in [2.75, 3.05) is 11.4 Å². The Kier molecular flexibility index (Phi) is 2.75. The van der Waals surface area contributed by atoms with Gasteiger partial charge in [-0.3, -0.25) is 0 Å². The summed E-state index contributed by atoms with van der Waals surface area (Å²) in [5.74, 6) is 1.11. The van der Waals surface area contributed by atoms with E-state index < -0.39 is 0 Å². The Labute approximate surface area is 99.8 Å². The van der Waals surface area contributed by atoms with Crippen molar-refractivity contribution in [1.29, 1.82) is 0 Å². The highest BCUT2D eigenvalue weighted by atomic mass is 79.9. The summed E-state index contributed by atoms with van der Waals surface area (Å²) in [6.07, 6.45) is 2.52. The van der Waals surface area contributed by atoms with Crippen molar-refractivity contribution in [1.82, 2.24) is 4.98 Å². The average Bonchev–Trinajstić information content (AvgIpc) is 2.50. The van der Waals surface area contributed by atoms with Crippen LogP contribution in [0.1, 0.15) is 32.4 Å². The number of hydrogen-bond acceptors (Lipinski definition) is 2. The van der Waals surface area contributed by atoms with Crippen molar-refractivity contribution < 1.29 is 0 Å². The van der Waals surface area contributed by atoms with E-state index in [9.17, 15) is 0 Å². The van der Waals surface area contributed by atoms with Crippen molar-refractivity contribution in [3.8, 4) is 0 Å². The number of nitrogens with zero attached hydrogens (tertiary/aromatic N) is 2. The number of aryl methyl sites for hydroxylation is 1. The minimum absolute atomic E-state index is 0.257. The molecule has 1 aliphatic rings. The summed E-state index contributed by atoms with van der Waals surface area (Å²) in [7, 11) is 0. The largest absolute Gasteiger partial charge is 0.351 e. The molecule has 2 rings (SSSR count). The molecule has 0 bridgehead atoms. The molecule has 15 heavy (non-hydrogen) atoms. The van der Waals surface area contributed by atoms with Gasteiger partial charge in [0.05, 0.1) is 5.69 Å². The predicted molar refractivity (Wildman–Crippen MR) is 67.3 cm³/mol. The van der Waals surface area contributed by atoms with Crippen molar-refractivity contribution in [2.24, 2.45) is 0 Å². The topological polar surface area (TPSA) is 16.1 Å². The average molecular weight is 269 g/mol. The second-order valence-electron chi connectivity index (χ2n) is 4.80. The Morgan fingerprint density at radius 3 is 2.67 bits per heavy atom. The molecule has 1 aromatic heterocycles. The van der Waals surface area contributed by atoms with Crippen molar-refractivity contribution in [3.05, 3.63) is 22.3 Å². The fourth-order valence-corrected chi connectivity index (χ4v) is 2.43. The first-order valence-corrected chi connectivity index (χ1v) is 6.21. The number of halogens is 1. The molecule has 0 aromatic carbocycles. The summed E-state index contributed by atoms with van der Waals surface area (Å²) in [6.45, 7) is 7.75. The Morgan fingerprint density at radius 1 is 1.40 bits per heavy atom. The maximum atomic E-state index is 4.63. The van der Waals surface area contributed by atoms with E-state index >= 15 is 0 Å². The van der Waals surface area contributed by atoms with E-state index in [-0.39, 0.29) is 5.54 Å². The number of pyridine rings is 1. The molecule has 3 heteroatoms. The van der Waals surface area contributed by atoms with Crippen LogP contribution < -0.4 is 4.90 Å². The zero-order chi connectivity index (χ0) is 11.1. The fourth-order valence-electron chi connectivity index (χ4n) is 2.21. The van der Waals surface area contributed by atoms with Crippen LogP contribution in [0.2, 0.25) is 0 Å². The minimum Gasteiger partial charge on any atom is -0.351 e. The molecule has 0 aliphatic carbocycles. The molecule has 0 radical (unpaired) electrons. The number of hydrogen-bond donors (Lipinski definition) is 0. The monoisotopic (exact) mass is 268 g/mol. The van der Waals surface area contributed by atoms with Gasteiger partial charge in [0.25, 0.3) is 0 Å². The molecule has 1 saturated heterocycles. The SMILES string of the molecule is Cc1nc(N2CCCC2(C)C)ccc1Br. The highest BCUT2D eigenvalue weighted by Crippen LogP contribution is 2.33. The first-order valence-electron chi connectivity index (χ1n) is 5.41. The summed E-state index contributed by atoms with van der Waals surface area (Å²) < 4.78 is 1.09. The van der Waals surface area contributed by atoms with Crippen molar-refractivity contribution in [3.63, 3.8) is 0 Å². The lowest BCUT2D eigenvalue weighted by molar-refractivity contribution is 0.514. The fraction of sp³-hybridized carbons (Fsp3) is 0.583. The molecule has 1 aliphatic heterocycles. The zero-order valence-electron chi connectivity index (χ0n) is 9.55. The Hall–Kier alpha value is -0.570. The normalized spacial score (nSPS) is 19.6. The van der Waals surface area contributed by atoms with E-state index in [1.54, 1.807) is 0 Å². The van der Waals surface area contributed by atoms with Crippen molar-refractivity contribution in [2.45, 2.75) is 39.2 Å². The third kappa shape index (κ3) is 2.03. The number of aromatic nitrogens is 1. The van der Waals surface area contributed by atoms with Gasteiger partial charge in [0.2, 0.25) is 0 Å². The number of anilines is 1. The molecule has 0 saturated carbocycles.